The van der Waals surface area contributed by atoms with Gasteiger partial charge in [0.2, 0.25) is 0 Å². The van der Waals surface area contributed by atoms with E-state index in [2.05, 4.69) is 0 Å². The molecule has 0 saturated heterocycles. The first kappa shape index (κ1) is 16.2. The minimum Gasteiger partial charge on any atom is -0.395 e. The fourth-order valence-electron chi connectivity index (χ4n) is 2.36. The van der Waals surface area contributed by atoms with Gasteiger partial charge in [0, 0.05) is 15.5 Å². The number of aliphatic hydroxyl groups is 2. The van der Waals surface area contributed by atoms with Gasteiger partial charge in [0.25, 0.3) is 0 Å². The predicted molar refractivity (Wildman–Crippen MR) is 82.4 cm³/mol. The van der Waals surface area contributed by atoms with Crippen LogP contribution in [0.4, 0.5) is 4.39 Å². The van der Waals surface area contributed by atoms with E-state index < -0.39 is 24.4 Å². The highest BCUT2D eigenvalue weighted by Crippen LogP contribution is 2.35. The Kier molecular flexibility index (Phi) is 5.22. The summed E-state index contributed by atoms with van der Waals surface area (Å²) in [5, 5.41) is 20.4. The molecule has 2 aromatic carbocycles. The Balaban J connectivity index is 2.51. The van der Waals surface area contributed by atoms with Crippen LogP contribution < -0.4 is 0 Å². The van der Waals surface area contributed by atoms with Crippen molar-refractivity contribution < 1.29 is 14.6 Å². The molecule has 0 fully saturated rings. The summed E-state index contributed by atoms with van der Waals surface area (Å²) in [6, 6.07) is 11.1. The molecule has 0 atom stereocenters. The van der Waals surface area contributed by atoms with Crippen LogP contribution in [0.15, 0.2) is 42.5 Å². The van der Waals surface area contributed by atoms with Gasteiger partial charge in [0.15, 0.2) is 0 Å². The molecule has 0 radical (unpaired) electrons. The largest absolute Gasteiger partial charge is 0.395 e. The van der Waals surface area contributed by atoms with Crippen molar-refractivity contribution in [2.45, 2.75) is 11.8 Å². The first-order valence-corrected chi connectivity index (χ1v) is 7.19. The zero-order chi connectivity index (χ0) is 15.5. The van der Waals surface area contributed by atoms with Gasteiger partial charge in [-0.05, 0) is 35.7 Å². The van der Waals surface area contributed by atoms with Crippen LogP contribution in [0.3, 0.4) is 0 Å². The number of benzene rings is 2. The zero-order valence-electron chi connectivity index (χ0n) is 11.2. The molecule has 112 valence electrons. The second kappa shape index (κ2) is 6.75. The van der Waals surface area contributed by atoms with Crippen LogP contribution in [0.25, 0.3) is 0 Å². The molecular formula is C16H15Cl2FO2. The maximum atomic E-state index is 14.1. The summed E-state index contributed by atoms with van der Waals surface area (Å²) >= 11 is 12.3. The van der Waals surface area contributed by atoms with E-state index in [1.165, 1.54) is 6.07 Å². The predicted octanol–water partition coefficient (Wildman–Crippen LogP) is 3.60. The quantitative estimate of drug-likeness (QED) is 0.880. The van der Waals surface area contributed by atoms with Crippen LogP contribution in [-0.2, 0) is 11.8 Å². The van der Waals surface area contributed by atoms with Gasteiger partial charge in [-0.2, -0.15) is 0 Å². The van der Waals surface area contributed by atoms with E-state index in [1.807, 2.05) is 0 Å². The SMILES string of the molecule is OCC(CO)(Cc1c(Cl)cccc1Cl)c1ccccc1F. The van der Waals surface area contributed by atoms with Crippen molar-refractivity contribution in [3.05, 3.63) is 69.5 Å². The topological polar surface area (TPSA) is 40.5 Å². The number of rotatable bonds is 5. The molecule has 0 amide bonds. The second-order valence-electron chi connectivity index (χ2n) is 4.95. The Bertz CT molecular complexity index is 607. The summed E-state index contributed by atoms with van der Waals surface area (Å²) in [7, 11) is 0. The van der Waals surface area contributed by atoms with Gasteiger partial charge in [-0.1, -0.05) is 47.5 Å². The van der Waals surface area contributed by atoms with Gasteiger partial charge in [-0.25, -0.2) is 4.39 Å². The molecule has 2 nitrogen and oxygen atoms in total. The molecule has 0 aliphatic heterocycles. The second-order valence-corrected chi connectivity index (χ2v) is 5.77. The van der Waals surface area contributed by atoms with Crippen LogP contribution in [0, 0.1) is 5.82 Å². The Morgan fingerprint density at radius 1 is 0.905 bits per heavy atom. The molecule has 0 saturated carbocycles. The summed E-state index contributed by atoms with van der Waals surface area (Å²) < 4.78 is 14.1. The van der Waals surface area contributed by atoms with E-state index in [1.54, 1.807) is 36.4 Å². The van der Waals surface area contributed by atoms with Crippen LogP contribution >= 0.6 is 23.2 Å². The lowest BCUT2D eigenvalue weighted by Crippen LogP contribution is -2.38. The number of aliphatic hydroxyl groups excluding tert-OH is 2. The van der Waals surface area contributed by atoms with E-state index in [-0.39, 0.29) is 12.0 Å². The molecule has 2 aromatic rings. The van der Waals surface area contributed by atoms with Gasteiger partial charge < -0.3 is 10.2 Å². The summed E-state index contributed by atoms with van der Waals surface area (Å²) in [4.78, 5) is 0. The molecule has 0 aromatic heterocycles. The Morgan fingerprint density at radius 2 is 1.48 bits per heavy atom. The zero-order valence-corrected chi connectivity index (χ0v) is 12.7. The van der Waals surface area contributed by atoms with Crippen molar-refractivity contribution in [1.82, 2.24) is 0 Å². The maximum absolute atomic E-state index is 14.1. The molecule has 2 N–H and O–H groups in total. The average molecular weight is 329 g/mol. The molecule has 0 aliphatic rings. The summed E-state index contributed by atoms with van der Waals surface area (Å²) in [5.74, 6) is -0.483. The molecule has 0 heterocycles. The first-order valence-electron chi connectivity index (χ1n) is 6.43. The minimum atomic E-state index is -1.18. The van der Waals surface area contributed by atoms with Crippen molar-refractivity contribution in [2.24, 2.45) is 0 Å². The van der Waals surface area contributed by atoms with E-state index in [0.717, 1.165) is 0 Å². The fourth-order valence-corrected chi connectivity index (χ4v) is 2.89. The van der Waals surface area contributed by atoms with Gasteiger partial charge in [-0.3, -0.25) is 0 Å². The minimum absolute atomic E-state index is 0.138. The number of halogens is 3. The van der Waals surface area contributed by atoms with Gasteiger partial charge in [0.05, 0.1) is 13.2 Å². The molecule has 0 bridgehead atoms. The molecule has 21 heavy (non-hydrogen) atoms. The average Bonchev–Trinajstić information content (AvgIpc) is 2.49. The Hall–Kier alpha value is -1.13. The number of hydrogen-bond donors (Lipinski definition) is 2. The van der Waals surface area contributed by atoms with E-state index in [9.17, 15) is 14.6 Å². The van der Waals surface area contributed by atoms with Crippen molar-refractivity contribution in [3.8, 4) is 0 Å². The summed E-state index contributed by atoms with van der Waals surface area (Å²) in [6.07, 6.45) is 0.138. The monoisotopic (exact) mass is 328 g/mol. The standard InChI is InChI=1S/C16H15Cl2FO2/c17-13-5-3-6-14(18)11(13)8-16(9-20,10-21)12-4-1-2-7-15(12)19/h1-7,20-21H,8-10H2. The van der Waals surface area contributed by atoms with E-state index in [4.69, 9.17) is 23.2 Å². The van der Waals surface area contributed by atoms with Gasteiger partial charge in [0.1, 0.15) is 5.82 Å². The third kappa shape index (κ3) is 3.22. The smallest absolute Gasteiger partial charge is 0.127 e. The van der Waals surface area contributed by atoms with Crippen molar-refractivity contribution >= 4 is 23.2 Å². The lowest BCUT2D eigenvalue weighted by molar-refractivity contribution is 0.113. The fraction of sp³-hybridized carbons (Fsp3) is 0.250. The van der Waals surface area contributed by atoms with E-state index in [0.29, 0.717) is 15.6 Å². The lowest BCUT2D eigenvalue weighted by atomic mass is 9.76. The van der Waals surface area contributed by atoms with Crippen LogP contribution in [0.2, 0.25) is 10.0 Å². The van der Waals surface area contributed by atoms with Crippen molar-refractivity contribution in [2.75, 3.05) is 13.2 Å². The highest BCUT2D eigenvalue weighted by Gasteiger charge is 2.35. The Morgan fingerprint density at radius 3 is 2.00 bits per heavy atom. The van der Waals surface area contributed by atoms with Crippen LogP contribution in [0.5, 0.6) is 0 Å². The third-order valence-electron chi connectivity index (χ3n) is 3.63. The van der Waals surface area contributed by atoms with Crippen LogP contribution in [-0.4, -0.2) is 23.4 Å². The third-order valence-corrected chi connectivity index (χ3v) is 4.34. The van der Waals surface area contributed by atoms with Crippen molar-refractivity contribution in [3.63, 3.8) is 0 Å². The summed E-state index contributed by atoms with van der Waals surface area (Å²) in [6.45, 7) is -0.849. The molecular weight excluding hydrogens is 314 g/mol. The Labute approximate surface area is 132 Å². The van der Waals surface area contributed by atoms with Crippen molar-refractivity contribution in [1.29, 1.82) is 0 Å². The maximum Gasteiger partial charge on any atom is 0.127 e. The van der Waals surface area contributed by atoms with E-state index >= 15 is 0 Å². The molecule has 2 rings (SSSR count). The summed E-state index contributed by atoms with van der Waals surface area (Å²) in [5.41, 5.74) is -0.363. The molecule has 0 spiro atoms. The highest BCUT2D eigenvalue weighted by molar-refractivity contribution is 6.36. The number of hydrogen-bond acceptors (Lipinski definition) is 2. The first-order chi connectivity index (χ1) is 10.0. The van der Waals surface area contributed by atoms with Gasteiger partial charge >= 0.3 is 0 Å². The molecule has 0 aliphatic carbocycles. The molecule has 0 unspecified atom stereocenters. The normalized spacial score (nSPS) is 11.7. The lowest BCUT2D eigenvalue weighted by Gasteiger charge is -2.31. The molecule has 5 heteroatoms. The highest BCUT2D eigenvalue weighted by atomic mass is 35.5. The van der Waals surface area contributed by atoms with Crippen LogP contribution in [0.1, 0.15) is 11.1 Å². The van der Waals surface area contributed by atoms with Gasteiger partial charge in [-0.15, -0.1) is 0 Å².